The summed E-state index contributed by atoms with van der Waals surface area (Å²) >= 11 is 0. The van der Waals surface area contributed by atoms with Crippen molar-refractivity contribution in [1.82, 2.24) is 14.9 Å². The molecule has 0 atom stereocenters. The summed E-state index contributed by atoms with van der Waals surface area (Å²) < 4.78 is 16.6. The molecular formula is C35H40N6O5. The van der Waals surface area contributed by atoms with Crippen LogP contribution in [0.25, 0.3) is 0 Å². The monoisotopic (exact) mass is 624 g/mol. The van der Waals surface area contributed by atoms with Crippen molar-refractivity contribution < 1.29 is 23.8 Å². The highest BCUT2D eigenvalue weighted by Crippen LogP contribution is 2.30. The average molecular weight is 625 g/mol. The first-order chi connectivity index (χ1) is 22.2. The number of hydrogen-bond donors (Lipinski definition) is 1. The summed E-state index contributed by atoms with van der Waals surface area (Å²) in [5.41, 5.74) is 4.09. The summed E-state index contributed by atoms with van der Waals surface area (Å²) in [7, 11) is 1.59. The van der Waals surface area contributed by atoms with Gasteiger partial charge in [-0.2, -0.15) is 4.98 Å². The molecule has 1 saturated heterocycles. The Kier molecular flexibility index (Phi) is 10.2. The number of piperazine rings is 1. The highest BCUT2D eigenvalue weighted by molar-refractivity contribution is 5.96. The normalized spacial score (nSPS) is 12.9. The van der Waals surface area contributed by atoms with Crippen molar-refractivity contribution in [2.75, 3.05) is 55.0 Å². The predicted molar refractivity (Wildman–Crippen MR) is 179 cm³/mol. The topological polar surface area (TPSA) is 109 Å². The Morgan fingerprint density at radius 2 is 1.59 bits per heavy atom. The maximum Gasteiger partial charge on any atom is 0.425 e. The van der Waals surface area contributed by atoms with E-state index in [2.05, 4.69) is 20.2 Å². The van der Waals surface area contributed by atoms with Crippen LogP contribution in [0.2, 0.25) is 0 Å². The molecule has 3 aromatic carbocycles. The lowest BCUT2D eigenvalue weighted by atomic mass is 10.1. The number of carbonyl (C=O) groups excluding carboxylic acids is 2. The molecule has 4 aromatic rings. The lowest BCUT2D eigenvalue weighted by Gasteiger charge is -2.35. The first-order valence-corrected chi connectivity index (χ1v) is 15.3. The molecule has 11 nitrogen and oxygen atoms in total. The van der Waals surface area contributed by atoms with E-state index in [9.17, 15) is 9.59 Å². The van der Waals surface area contributed by atoms with Gasteiger partial charge in [-0.1, -0.05) is 32.0 Å². The molecule has 0 aliphatic carbocycles. The molecule has 2 heterocycles. The molecule has 1 aromatic heterocycles. The van der Waals surface area contributed by atoms with Crippen LogP contribution in [0, 0.1) is 19.8 Å². The number of aromatic nitrogens is 2. The van der Waals surface area contributed by atoms with Gasteiger partial charge in [0.2, 0.25) is 5.95 Å². The summed E-state index contributed by atoms with van der Waals surface area (Å²) in [4.78, 5) is 40.5. The summed E-state index contributed by atoms with van der Waals surface area (Å²) in [6, 6.07) is 22.4. The Hall–Kier alpha value is -5.32. The second kappa shape index (κ2) is 14.6. The number of para-hydroxylation sites is 1. The SMILES string of the molecule is COc1ccc(N(C(=O)Oc2c(C)cccc2C)c2ccnc(Nc3ccc(N4CCN(C(=O)OCC(C)C)CC4)cc3)n2)cc1. The van der Waals surface area contributed by atoms with Gasteiger partial charge in [0, 0.05) is 49.8 Å². The molecule has 240 valence electrons. The molecule has 2 amide bonds. The van der Waals surface area contributed by atoms with E-state index in [0.29, 0.717) is 67.7 Å². The molecule has 11 heteroatoms. The third kappa shape index (κ3) is 7.84. The summed E-state index contributed by atoms with van der Waals surface area (Å²) in [6.07, 6.45) is 0.733. The van der Waals surface area contributed by atoms with Crippen molar-refractivity contribution in [3.63, 3.8) is 0 Å². The highest BCUT2D eigenvalue weighted by Gasteiger charge is 2.25. The van der Waals surface area contributed by atoms with Gasteiger partial charge < -0.3 is 29.3 Å². The number of nitrogens with zero attached hydrogens (tertiary/aromatic N) is 5. The number of hydrogen-bond acceptors (Lipinski definition) is 9. The van der Waals surface area contributed by atoms with Gasteiger partial charge in [0.25, 0.3) is 0 Å². The first-order valence-electron chi connectivity index (χ1n) is 15.3. The number of anilines is 5. The average Bonchev–Trinajstić information content (AvgIpc) is 3.06. The van der Waals surface area contributed by atoms with Gasteiger partial charge in [-0.3, -0.25) is 0 Å². The van der Waals surface area contributed by atoms with Crippen LogP contribution in [0.3, 0.4) is 0 Å². The van der Waals surface area contributed by atoms with Gasteiger partial charge in [0.05, 0.1) is 19.4 Å². The van der Waals surface area contributed by atoms with Crippen molar-refractivity contribution in [3.8, 4) is 11.5 Å². The number of benzene rings is 3. The third-order valence-electron chi connectivity index (χ3n) is 7.55. The van der Waals surface area contributed by atoms with Crippen LogP contribution in [0.4, 0.5) is 38.4 Å². The summed E-state index contributed by atoms with van der Waals surface area (Å²) in [5, 5.41) is 3.24. The molecule has 0 saturated carbocycles. The van der Waals surface area contributed by atoms with E-state index in [0.717, 1.165) is 22.5 Å². The van der Waals surface area contributed by atoms with E-state index in [1.807, 2.05) is 70.2 Å². The van der Waals surface area contributed by atoms with Crippen LogP contribution < -0.4 is 24.6 Å². The fourth-order valence-corrected chi connectivity index (χ4v) is 5.05. The largest absolute Gasteiger partial charge is 0.497 e. The number of carbonyl (C=O) groups is 2. The van der Waals surface area contributed by atoms with Crippen LogP contribution >= 0.6 is 0 Å². The van der Waals surface area contributed by atoms with Crippen molar-refractivity contribution in [1.29, 1.82) is 0 Å². The van der Waals surface area contributed by atoms with Gasteiger partial charge in [0.1, 0.15) is 17.3 Å². The van der Waals surface area contributed by atoms with Crippen LogP contribution in [0.1, 0.15) is 25.0 Å². The van der Waals surface area contributed by atoms with E-state index in [1.165, 1.54) is 4.90 Å². The van der Waals surface area contributed by atoms with E-state index in [4.69, 9.17) is 14.2 Å². The number of ether oxygens (including phenoxy) is 3. The maximum atomic E-state index is 13.7. The number of nitrogens with one attached hydrogen (secondary N) is 1. The second-order valence-corrected chi connectivity index (χ2v) is 11.5. The van der Waals surface area contributed by atoms with Crippen LogP contribution in [-0.4, -0.2) is 67.0 Å². The van der Waals surface area contributed by atoms with Crippen LogP contribution in [0.5, 0.6) is 11.5 Å². The Bertz CT molecular complexity index is 1620. The molecule has 1 fully saturated rings. The minimum Gasteiger partial charge on any atom is -0.497 e. The Labute approximate surface area is 269 Å². The molecular weight excluding hydrogens is 584 g/mol. The maximum absolute atomic E-state index is 13.7. The van der Waals surface area contributed by atoms with E-state index >= 15 is 0 Å². The Morgan fingerprint density at radius 1 is 0.913 bits per heavy atom. The molecule has 0 unspecified atom stereocenters. The fraction of sp³-hybridized carbons (Fsp3) is 0.314. The zero-order chi connectivity index (χ0) is 32.6. The quantitative estimate of drug-likeness (QED) is 0.209. The second-order valence-electron chi connectivity index (χ2n) is 11.5. The molecule has 0 radical (unpaired) electrons. The molecule has 1 aliphatic rings. The van der Waals surface area contributed by atoms with Crippen molar-refractivity contribution in [2.45, 2.75) is 27.7 Å². The zero-order valence-electron chi connectivity index (χ0n) is 26.9. The van der Waals surface area contributed by atoms with Gasteiger partial charge in [-0.05, 0) is 79.4 Å². The lowest BCUT2D eigenvalue weighted by molar-refractivity contribution is 0.0901. The molecule has 1 N–H and O–H groups in total. The predicted octanol–water partition coefficient (Wildman–Crippen LogP) is 7.10. The third-order valence-corrected chi connectivity index (χ3v) is 7.55. The van der Waals surface area contributed by atoms with Crippen LogP contribution in [0.15, 0.2) is 79.0 Å². The van der Waals surface area contributed by atoms with E-state index < -0.39 is 6.09 Å². The Morgan fingerprint density at radius 3 is 2.22 bits per heavy atom. The molecule has 0 bridgehead atoms. The van der Waals surface area contributed by atoms with Crippen molar-refractivity contribution in [3.05, 3.63) is 90.1 Å². The Balaban J connectivity index is 1.29. The summed E-state index contributed by atoms with van der Waals surface area (Å²) in [5.74, 6) is 2.12. The van der Waals surface area contributed by atoms with Crippen molar-refractivity contribution in [2.24, 2.45) is 5.92 Å². The van der Waals surface area contributed by atoms with Gasteiger partial charge in [0.15, 0.2) is 0 Å². The summed E-state index contributed by atoms with van der Waals surface area (Å²) in [6.45, 7) is 10.9. The first kappa shape index (κ1) is 32.1. The standard InChI is InChI=1S/C35H40N6O5/c1-24(2)23-45-34(42)40-21-19-39(20-22-40)28-11-9-27(10-12-28)37-33-36-18-17-31(38-33)41(29-13-15-30(44-5)16-14-29)35(43)46-32-25(3)7-6-8-26(32)4/h6-18,24H,19-23H2,1-5H3,(H,36,37,38). The smallest absolute Gasteiger partial charge is 0.425 e. The van der Waals surface area contributed by atoms with E-state index in [-0.39, 0.29) is 6.09 Å². The number of amides is 2. The molecule has 46 heavy (non-hydrogen) atoms. The van der Waals surface area contributed by atoms with Gasteiger partial charge >= 0.3 is 12.2 Å². The lowest BCUT2D eigenvalue weighted by Crippen LogP contribution is -2.49. The highest BCUT2D eigenvalue weighted by atomic mass is 16.6. The minimum absolute atomic E-state index is 0.251. The van der Waals surface area contributed by atoms with Crippen molar-refractivity contribution >= 4 is 41.0 Å². The van der Waals surface area contributed by atoms with Gasteiger partial charge in [-0.25, -0.2) is 19.5 Å². The molecule has 0 spiro atoms. The van der Waals surface area contributed by atoms with E-state index in [1.54, 1.807) is 48.5 Å². The van der Waals surface area contributed by atoms with Gasteiger partial charge in [-0.15, -0.1) is 0 Å². The fourth-order valence-electron chi connectivity index (χ4n) is 5.05. The number of methoxy groups -OCH3 is 1. The van der Waals surface area contributed by atoms with Crippen LogP contribution in [-0.2, 0) is 4.74 Å². The minimum atomic E-state index is -0.607. The number of rotatable bonds is 9. The molecule has 5 rings (SSSR count). The molecule has 1 aliphatic heterocycles. The number of aryl methyl sites for hydroxylation is 2. The zero-order valence-corrected chi connectivity index (χ0v) is 26.9.